The molecule has 0 radical (unpaired) electrons. The third-order valence-electron chi connectivity index (χ3n) is 4.12. The molecule has 1 aliphatic heterocycles. The van der Waals surface area contributed by atoms with E-state index in [0.29, 0.717) is 17.2 Å². The molecule has 9 heteroatoms. The molecule has 0 fully saturated rings. The molecule has 3 rings (SSSR count). The van der Waals surface area contributed by atoms with Crippen LogP contribution < -0.4 is 14.8 Å². The SMILES string of the molecule is CSc1ccccc1NC(=O)CN(C)C(=O)COC(=O)c1ccc2c(c1)OCO2. The first-order valence-corrected chi connectivity index (χ1v) is 9.94. The van der Waals surface area contributed by atoms with E-state index in [1.54, 1.807) is 12.1 Å². The number of rotatable bonds is 7. The molecule has 29 heavy (non-hydrogen) atoms. The van der Waals surface area contributed by atoms with E-state index < -0.39 is 18.5 Å². The molecule has 2 amide bonds. The topological polar surface area (TPSA) is 94.2 Å². The van der Waals surface area contributed by atoms with E-state index >= 15 is 0 Å². The quantitative estimate of drug-likeness (QED) is 0.547. The second-order valence-corrected chi connectivity index (χ2v) is 6.99. The Morgan fingerprint density at radius 3 is 2.69 bits per heavy atom. The number of amides is 2. The predicted molar refractivity (Wildman–Crippen MR) is 107 cm³/mol. The first kappa shape index (κ1) is 20.5. The number of thioether (sulfide) groups is 1. The number of hydrogen-bond acceptors (Lipinski definition) is 7. The van der Waals surface area contributed by atoms with Crippen molar-refractivity contribution < 1.29 is 28.6 Å². The third-order valence-corrected chi connectivity index (χ3v) is 4.92. The molecule has 1 aliphatic rings. The van der Waals surface area contributed by atoms with Gasteiger partial charge in [-0.3, -0.25) is 9.59 Å². The fourth-order valence-corrected chi connectivity index (χ4v) is 3.14. The molecule has 2 aromatic rings. The smallest absolute Gasteiger partial charge is 0.338 e. The summed E-state index contributed by atoms with van der Waals surface area (Å²) in [7, 11) is 1.47. The lowest BCUT2D eigenvalue weighted by atomic mass is 10.2. The lowest BCUT2D eigenvalue weighted by molar-refractivity contribution is -0.136. The largest absolute Gasteiger partial charge is 0.454 e. The van der Waals surface area contributed by atoms with Crippen molar-refractivity contribution in [3.05, 3.63) is 48.0 Å². The first-order chi connectivity index (χ1) is 14.0. The standard InChI is InChI=1S/C20H20N2O6S/c1-22(10-18(23)21-14-5-3-4-6-17(14)29-2)19(24)11-26-20(25)13-7-8-15-16(9-13)28-12-27-15/h3-9H,10-12H2,1-2H3,(H,21,23). The number of ether oxygens (including phenoxy) is 3. The van der Waals surface area contributed by atoms with E-state index in [-0.39, 0.29) is 24.8 Å². The van der Waals surface area contributed by atoms with E-state index in [9.17, 15) is 14.4 Å². The van der Waals surface area contributed by atoms with Crippen LogP contribution >= 0.6 is 11.8 Å². The summed E-state index contributed by atoms with van der Waals surface area (Å²) in [5, 5.41) is 2.77. The second kappa shape index (κ2) is 9.33. The number of carbonyl (C=O) groups is 3. The summed E-state index contributed by atoms with van der Waals surface area (Å²) in [5.41, 5.74) is 0.927. The maximum absolute atomic E-state index is 12.2. The van der Waals surface area contributed by atoms with Gasteiger partial charge >= 0.3 is 5.97 Å². The highest BCUT2D eigenvalue weighted by molar-refractivity contribution is 7.98. The number of likely N-dealkylation sites (N-methyl/N-ethyl adjacent to an activating group) is 1. The molecule has 0 saturated heterocycles. The average Bonchev–Trinajstić information content (AvgIpc) is 3.19. The summed E-state index contributed by atoms with van der Waals surface area (Å²) in [6, 6.07) is 12.0. The highest BCUT2D eigenvalue weighted by Gasteiger charge is 2.19. The van der Waals surface area contributed by atoms with Crippen LogP contribution in [0.15, 0.2) is 47.4 Å². The van der Waals surface area contributed by atoms with Crippen molar-refractivity contribution in [2.24, 2.45) is 0 Å². The van der Waals surface area contributed by atoms with E-state index in [0.717, 1.165) is 4.90 Å². The Kier molecular flexibility index (Phi) is 6.61. The molecule has 0 bridgehead atoms. The monoisotopic (exact) mass is 416 g/mol. The summed E-state index contributed by atoms with van der Waals surface area (Å²) >= 11 is 1.51. The van der Waals surface area contributed by atoms with Crippen molar-refractivity contribution in [2.45, 2.75) is 4.90 Å². The Balaban J connectivity index is 1.48. The number of benzene rings is 2. The molecular weight excluding hydrogens is 396 g/mol. The van der Waals surface area contributed by atoms with Crippen LogP contribution in [0, 0.1) is 0 Å². The number of fused-ring (bicyclic) bond motifs is 1. The minimum absolute atomic E-state index is 0.0978. The van der Waals surface area contributed by atoms with Crippen molar-refractivity contribution in [3.63, 3.8) is 0 Å². The Morgan fingerprint density at radius 1 is 1.14 bits per heavy atom. The zero-order valence-electron chi connectivity index (χ0n) is 16.0. The number of para-hydroxylation sites is 1. The van der Waals surface area contributed by atoms with Crippen LogP contribution in [0.25, 0.3) is 0 Å². The van der Waals surface area contributed by atoms with Crippen molar-refractivity contribution in [1.29, 1.82) is 0 Å². The van der Waals surface area contributed by atoms with Gasteiger partial charge in [0.15, 0.2) is 18.1 Å². The Labute approximate surface area is 172 Å². The Morgan fingerprint density at radius 2 is 1.90 bits per heavy atom. The molecule has 0 spiro atoms. The van der Waals surface area contributed by atoms with Crippen LogP contribution in [0.1, 0.15) is 10.4 Å². The van der Waals surface area contributed by atoms with Crippen molar-refractivity contribution >= 4 is 35.2 Å². The highest BCUT2D eigenvalue weighted by Crippen LogP contribution is 2.32. The fourth-order valence-electron chi connectivity index (χ4n) is 2.59. The summed E-state index contributed by atoms with van der Waals surface area (Å²) in [6.07, 6.45) is 1.91. The van der Waals surface area contributed by atoms with Crippen LogP contribution in [-0.2, 0) is 14.3 Å². The first-order valence-electron chi connectivity index (χ1n) is 8.71. The van der Waals surface area contributed by atoms with Gasteiger partial charge in [-0.2, -0.15) is 0 Å². The molecule has 0 atom stereocenters. The van der Waals surface area contributed by atoms with E-state index in [4.69, 9.17) is 14.2 Å². The molecule has 0 aromatic heterocycles. The number of carbonyl (C=O) groups excluding carboxylic acids is 3. The van der Waals surface area contributed by atoms with Crippen molar-refractivity contribution in [2.75, 3.05) is 38.6 Å². The minimum atomic E-state index is -0.664. The molecule has 152 valence electrons. The summed E-state index contributed by atoms with van der Waals surface area (Å²) in [4.78, 5) is 38.7. The molecule has 0 aliphatic carbocycles. The van der Waals surface area contributed by atoms with Gasteiger partial charge in [-0.05, 0) is 36.6 Å². The van der Waals surface area contributed by atoms with Gasteiger partial charge in [-0.15, -0.1) is 11.8 Å². The van der Waals surface area contributed by atoms with E-state index in [1.165, 1.54) is 35.8 Å². The summed E-state index contributed by atoms with van der Waals surface area (Å²) in [5.74, 6) is -0.503. The zero-order valence-corrected chi connectivity index (χ0v) is 16.8. The number of anilines is 1. The maximum atomic E-state index is 12.2. The number of hydrogen-bond donors (Lipinski definition) is 1. The zero-order chi connectivity index (χ0) is 20.8. The normalized spacial score (nSPS) is 11.7. The third kappa shape index (κ3) is 5.20. The molecule has 2 aromatic carbocycles. The van der Waals surface area contributed by atoms with E-state index in [1.807, 2.05) is 24.5 Å². The number of nitrogens with one attached hydrogen (secondary N) is 1. The molecule has 0 saturated carbocycles. The summed E-state index contributed by atoms with van der Waals surface area (Å²) < 4.78 is 15.4. The molecule has 8 nitrogen and oxygen atoms in total. The van der Waals surface area contributed by atoms with Crippen molar-refractivity contribution in [3.8, 4) is 11.5 Å². The number of nitrogens with zero attached hydrogens (tertiary/aromatic N) is 1. The maximum Gasteiger partial charge on any atom is 0.338 e. The van der Waals surface area contributed by atoms with Crippen LogP contribution in [0.3, 0.4) is 0 Å². The lowest BCUT2D eigenvalue weighted by Gasteiger charge is -2.17. The van der Waals surface area contributed by atoms with Crippen LogP contribution in [0.4, 0.5) is 5.69 Å². The summed E-state index contributed by atoms with van der Waals surface area (Å²) in [6.45, 7) is -0.540. The fraction of sp³-hybridized carbons (Fsp3) is 0.250. The van der Waals surface area contributed by atoms with Gasteiger partial charge in [-0.25, -0.2) is 4.79 Å². The second-order valence-electron chi connectivity index (χ2n) is 6.14. The highest BCUT2D eigenvalue weighted by atomic mass is 32.2. The van der Waals surface area contributed by atoms with Crippen LogP contribution in [0.5, 0.6) is 11.5 Å². The van der Waals surface area contributed by atoms with Gasteiger partial charge in [0.25, 0.3) is 5.91 Å². The van der Waals surface area contributed by atoms with Crippen LogP contribution in [0.2, 0.25) is 0 Å². The molecule has 1 N–H and O–H groups in total. The van der Waals surface area contributed by atoms with Crippen molar-refractivity contribution in [1.82, 2.24) is 4.90 Å². The molecular formula is C20H20N2O6S. The number of esters is 1. The predicted octanol–water partition coefficient (Wildman–Crippen LogP) is 2.39. The van der Waals surface area contributed by atoms with Gasteiger partial charge < -0.3 is 24.4 Å². The van der Waals surface area contributed by atoms with E-state index in [2.05, 4.69) is 5.32 Å². The Hall–Kier alpha value is -3.20. The van der Waals surface area contributed by atoms with Crippen LogP contribution in [-0.4, -0.2) is 55.9 Å². The average molecular weight is 416 g/mol. The minimum Gasteiger partial charge on any atom is -0.454 e. The molecule has 1 heterocycles. The van der Waals surface area contributed by atoms with Gasteiger partial charge in [0, 0.05) is 11.9 Å². The van der Waals surface area contributed by atoms with Gasteiger partial charge in [0.1, 0.15) is 0 Å². The lowest BCUT2D eigenvalue weighted by Crippen LogP contribution is -2.37. The Bertz CT molecular complexity index is 933. The molecule has 0 unspecified atom stereocenters. The van der Waals surface area contributed by atoms with Gasteiger partial charge in [0.05, 0.1) is 17.8 Å². The van der Waals surface area contributed by atoms with Gasteiger partial charge in [0.2, 0.25) is 12.7 Å². The van der Waals surface area contributed by atoms with Gasteiger partial charge in [-0.1, -0.05) is 12.1 Å².